The van der Waals surface area contributed by atoms with Gasteiger partial charge in [0.15, 0.2) is 0 Å². The molecule has 28 heavy (non-hydrogen) atoms. The van der Waals surface area contributed by atoms with Crippen LogP contribution in [0.15, 0.2) is 64.3 Å². The first kappa shape index (κ1) is 25.2. The van der Waals surface area contributed by atoms with Crippen LogP contribution in [-0.4, -0.2) is 61.6 Å². The third-order valence-electron chi connectivity index (χ3n) is 3.93. The van der Waals surface area contributed by atoms with E-state index in [1.54, 1.807) is 5.01 Å². The van der Waals surface area contributed by atoms with Gasteiger partial charge in [-0.1, -0.05) is 0 Å². The van der Waals surface area contributed by atoms with E-state index in [0.29, 0.717) is 0 Å². The molecule has 0 spiro atoms. The van der Waals surface area contributed by atoms with Crippen molar-refractivity contribution in [1.82, 2.24) is 9.80 Å². The van der Waals surface area contributed by atoms with Gasteiger partial charge in [-0.2, -0.15) is 11.5 Å². The first-order valence-corrected chi connectivity index (χ1v) is 11.9. The Morgan fingerprint density at radius 2 is 1.14 bits per heavy atom. The van der Waals surface area contributed by atoms with E-state index in [1.807, 2.05) is 60.7 Å². The number of benzene rings is 2. The molecule has 0 aliphatic rings. The number of rotatable bonds is 10. The zero-order chi connectivity index (χ0) is 20.6. The maximum atomic E-state index is 10.8. The quantitative estimate of drug-likeness (QED) is 0.283. The molecule has 154 valence electrons. The number of likely N-dealkylation sites (N-methyl/N-ethyl adjacent to an activating group) is 2. The number of nitrogens with zero attached hydrogens (tertiary/aromatic N) is 4. The second-order valence-corrected chi connectivity index (χ2v) is 7.74. The van der Waals surface area contributed by atoms with Crippen LogP contribution >= 0.6 is 0 Å². The molecule has 8 heteroatoms. The number of hydrogen-bond acceptors (Lipinski definition) is 7. The fourth-order valence-corrected chi connectivity index (χ4v) is 3.54. The molecule has 2 aromatic rings. The average Bonchev–Trinajstić information content (AvgIpc) is 2.73. The van der Waals surface area contributed by atoms with E-state index in [0.717, 1.165) is 49.1 Å². The fraction of sp³-hybridized carbons (Fsp3) is 0.400. The van der Waals surface area contributed by atoms with Gasteiger partial charge in [-0.3, -0.25) is 0 Å². The van der Waals surface area contributed by atoms with Crippen LogP contribution in [0.3, 0.4) is 0 Å². The third kappa shape index (κ3) is 10.6. The molecule has 0 N–H and O–H groups in total. The minimum atomic E-state index is -1.55. The summed E-state index contributed by atoms with van der Waals surface area (Å²) in [5, 5.41) is 1.72. The van der Waals surface area contributed by atoms with Crippen molar-refractivity contribution in [2.45, 2.75) is 0 Å². The molecular weight excluding hydrogens is 472 g/mol. The molecular formula is C20H28MoN4OS2-2. The van der Waals surface area contributed by atoms with Crippen molar-refractivity contribution in [2.24, 2.45) is 3.60 Å². The summed E-state index contributed by atoms with van der Waals surface area (Å²) in [6, 6.07) is 19.4. The zero-order valence-corrected chi connectivity index (χ0v) is 20.1. The summed E-state index contributed by atoms with van der Waals surface area (Å²) in [6.07, 6.45) is 0. The van der Waals surface area contributed by atoms with E-state index in [-0.39, 0.29) is 0 Å². The number of para-hydroxylation sites is 2. The van der Waals surface area contributed by atoms with Gasteiger partial charge in [0.2, 0.25) is 0 Å². The van der Waals surface area contributed by atoms with Gasteiger partial charge in [0.25, 0.3) is 0 Å². The Morgan fingerprint density at radius 1 is 0.750 bits per heavy atom. The molecule has 0 aliphatic heterocycles. The second-order valence-electron chi connectivity index (χ2n) is 6.15. The molecule has 0 heterocycles. The third-order valence-corrected chi connectivity index (χ3v) is 4.86. The van der Waals surface area contributed by atoms with Gasteiger partial charge in [-0.15, -0.1) is 0 Å². The second kappa shape index (κ2) is 16.0. The van der Waals surface area contributed by atoms with Gasteiger partial charge < -0.3 is 35.1 Å². The van der Waals surface area contributed by atoms with E-state index in [2.05, 4.69) is 27.5 Å². The predicted octanol–water partition coefficient (Wildman–Crippen LogP) is 3.30. The summed E-state index contributed by atoms with van der Waals surface area (Å²) in [4.78, 5) is 4.51. The molecule has 0 saturated carbocycles. The number of hydrogen-bond donors (Lipinski definition) is 0. The number of anilines is 2. The normalized spacial score (nSPS) is 10.4. The fourth-order valence-electron chi connectivity index (χ4n) is 2.29. The van der Waals surface area contributed by atoms with Crippen molar-refractivity contribution in [3.8, 4) is 0 Å². The summed E-state index contributed by atoms with van der Waals surface area (Å²) in [7, 11) is 4.21. The first-order valence-electron chi connectivity index (χ1n) is 9.05. The average molecular weight is 501 g/mol. The van der Waals surface area contributed by atoms with Crippen molar-refractivity contribution in [2.75, 3.05) is 56.8 Å². The maximum absolute atomic E-state index is 10.8. The predicted molar refractivity (Wildman–Crippen MR) is 118 cm³/mol. The standard InChI is InChI=1S/C12H10N2.C8H20N2S2.Mo.O/c13-14(11-7-3-1-4-8-11)12-9-5-2-6-10-12;1-9(5-7-11)3-4-10(2)6-8-12;;/h1-10H;11-12H,3-8H2,1-2H3;;/p-2. The van der Waals surface area contributed by atoms with Gasteiger partial charge in [0, 0.05) is 13.1 Å². The van der Waals surface area contributed by atoms with Gasteiger partial charge in [-0.25, -0.2) is 0 Å². The van der Waals surface area contributed by atoms with Crippen LogP contribution in [0.5, 0.6) is 0 Å². The first-order chi connectivity index (χ1) is 13.6. The molecule has 0 amide bonds. The Hall–Kier alpha value is -0.852. The molecule has 0 aromatic heterocycles. The van der Waals surface area contributed by atoms with E-state index in [4.69, 9.17) is 25.3 Å². The molecule has 0 saturated heterocycles. The van der Waals surface area contributed by atoms with Gasteiger partial charge >= 0.3 is 102 Å². The molecule has 0 aliphatic carbocycles. The van der Waals surface area contributed by atoms with Crippen molar-refractivity contribution >= 4 is 36.6 Å². The molecule has 0 unspecified atom stereocenters. The van der Waals surface area contributed by atoms with Crippen molar-refractivity contribution < 1.29 is 21.7 Å². The summed E-state index contributed by atoms with van der Waals surface area (Å²) >= 11 is 8.23. The van der Waals surface area contributed by atoms with Crippen molar-refractivity contribution in [3.63, 3.8) is 0 Å². The van der Waals surface area contributed by atoms with Crippen LogP contribution < -0.4 is 5.01 Å². The van der Waals surface area contributed by atoms with Crippen LogP contribution in [0, 0.1) is 0 Å². The van der Waals surface area contributed by atoms with E-state index < -0.39 is 18.3 Å². The molecule has 0 bridgehead atoms. The van der Waals surface area contributed by atoms with Gasteiger partial charge in [0.1, 0.15) is 0 Å². The van der Waals surface area contributed by atoms with Gasteiger partial charge in [0.05, 0.1) is 0 Å². The summed E-state index contributed by atoms with van der Waals surface area (Å²) in [5.41, 5.74) is 1.85. The van der Waals surface area contributed by atoms with Crippen LogP contribution in [0.25, 0.3) is 0 Å². The summed E-state index contributed by atoms with van der Waals surface area (Å²) in [5.74, 6) is 1.64. The van der Waals surface area contributed by atoms with Crippen LogP contribution in [-0.2, 0) is 47.0 Å². The van der Waals surface area contributed by atoms with Crippen LogP contribution in [0.4, 0.5) is 11.4 Å². The SMILES string of the molecule is CN(CC[S-])CCN(C)CC[S-].[O]=[Mo]=[N]N(c1ccccc1)c1ccccc1. The van der Waals surface area contributed by atoms with Crippen molar-refractivity contribution in [3.05, 3.63) is 60.7 Å². The minimum absolute atomic E-state index is 0.821. The topological polar surface area (TPSA) is 39.1 Å². The monoisotopic (exact) mass is 502 g/mol. The van der Waals surface area contributed by atoms with Crippen molar-refractivity contribution in [1.29, 1.82) is 0 Å². The Bertz CT molecular complexity index is 636. The Morgan fingerprint density at radius 3 is 1.46 bits per heavy atom. The summed E-state index contributed by atoms with van der Waals surface area (Å²) < 4.78 is 14.9. The molecule has 2 rings (SSSR count). The van der Waals surface area contributed by atoms with E-state index >= 15 is 0 Å². The molecule has 2 aromatic carbocycles. The Balaban J connectivity index is 0.000000295. The van der Waals surface area contributed by atoms with E-state index in [1.165, 1.54) is 0 Å². The molecule has 0 atom stereocenters. The Kier molecular flexibility index (Phi) is 14.4. The molecule has 5 nitrogen and oxygen atoms in total. The zero-order valence-electron chi connectivity index (χ0n) is 16.4. The van der Waals surface area contributed by atoms with E-state index in [9.17, 15) is 3.40 Å². The molecule has 0 radical (unpaired) electrons. The molecule has 0 fully saturated rings. The summed E-state index contributed by atoms with van der Waals surface area (Å²) in [6.45, 7) is 4.19. The van der Waals surface area contributed by atoms with Crippen LogP contribution in [0.1, 0.15) is 0 Å². The van der Waals surface area contributed by atoms with Crippen LogP contribution in [0.2, 0.25) is 0 Å². The Labute approximate surface area is 188 Å². The van der Waals surface area contributed by atoms with Gasteiger partial charge in [-0.05, 0) is 27.2 Å².